The molecule has 1 aromatic rings. The fraction of sp³-hybridized carbons (Fsp3) is 0.375. The summed E-state index contributed by atoms with van der Waals surface area (Å²) in [5, 5.41) is 0. The normalized spacial score (nSPS) is 25.9. The molecule has 0 N–H and O–H groups in total. The van der Waals surface area contributed by atoms with Gasteiger partial charge in [0.15, 0.2) is 11.3 Å². The van der Waals surface area contributed by atoms with Gasteiger partial charge in [0.2, 0.25) is 0 Å². The first-order valence-electron chi connectivity index (χ1n) is 6.86. The molecule has 3 rings (SSSR count). The molecule has 4 nitrogen and oxygen atoms in total. The highest BCUT2D eigenvalue weighted by atomic mass is 16.5. The van der Waals surface area contributed by atoms with Crippen LogP contribution in [0.1, 0.15) is 25.3 Å². The molecular weight excluding hydrogens is 254 g/mol. The van der Waals surface area contributed by atoms with Crippen molar-refractivity contribution in [2.24, 2.45) is 0 Å². The van der Waals surface area contributed by atoms with Crippen molar-refractivity contribution in [2.45, 2.75) is 31.8 Å². The van der Waals surface area contributed by atoms with Crippen LogP contribution in [-0.4, -0.2) is 28.7 Å². The molecule has 0 spiro atoms. The van der Waals surface area contributed by atoms with Crippen molar-refractivity contribution in [3.8, 4) is 5.75 Å². The van der Waals surface area contributed by atoms with Crippen LogP contribution in [0, 0.1) is 0 Å². The molecule has 104 valence electrons. The Kier molecular flexibility index (Phi) is 3.18. The number of carbonyl (C=O) groups is 2. The Balaban J connectivity index is 2.11. The molecule has 0 fully saturated rings. The monoisotopic (exact) mass is 271 g/mol. The van der Waals surface area contributed by atoms with E-state index in [0.29, 0.717) is 25.3 Å². The first-order chi connectivity index (χ1) is 9.64. The third kappa shape index (κ3) is 1.88. The van der Waals surface area contributed by atoms with E-state index in [4.69, 9.17) is 4.74 Å². The van der Waals surface area contributed by atoms with E-state index in [1.54, 1.807) is 6.07 Å². The zero-order valence-electron chi connectivity index (χ0n) is 11.5. The minimum atomic E-state index is -1.17. The summed E-state index contributed by atoms with van der Waals surface area (Å²) < 4.78 is 5.51. The number of carbonyl (C=O) groups excluding carboxylic acids is 2. The number of hydrogen-bond acceptors (Lipinski definition) is 4. The standard InChI is InChI=1S/C16H17NO3/c1-12(18)16-9-5-2-6-10-17(16)11-13-7-3-4-8-14(13)20-15(16)19/h2-5,7-8H,6,9-11H2,1H3. The van der Waals surface area contributed by atoms with E-state index in [0.717, 1.165) is 12.0 Å². The minimum Gasteiger partial charge on any atom is -0.424 e. The fourth-order valence-corrected chi connectivity index (χ4v) is 2.98. The molecule has 2 heterocycles. The van der Waals surface area contributed by atoms with Crippen LogP contribution in [0.15, 0.2) is 36.4 Å². The molecule has 0 saturated carbocycles. The number of para-hydroxylation sites is 1. The maximum absolute atomic E-state index is 12.6. The summed E-state index contributed by atoms with van der Waals surface area (Å²) in [6.45, 7) is 2.71. The van der Waals surface area contributed by atoms with Crippen molar-refractivity contribution in [1.82, 2.24) is 4.90 Å². The van der Waals surface area contributed by atoms with E-state index in [-0.39, 0.29) is 5.78 Å². The van der Waals surface area contributed by atoms with Gasteiger partial charge in [-0.05, 0) is 19.4 Å². The summed E-state index contributed by atoms with van der Waals surface area (Å²) in [6, 6.07) is 7.48. The van der Waals surface area contributed by atoms with Gasteiger partial charge in [0.1, 0.15) is 5.75 Å². The smallest absolute Gasteiger partial charge is 0.340 e. The molecule has 2 aliphatic rings. The Morgan fingerprint density at radius 1 is 1.30 bits per heavy atom. The maximum Gasteiger partial charge on any atom is 0.340 e. The second-order valence-electron chi connectivity index (χ2n) is 5.30. The Bertz CT molecular complexity index is 593. The lowest BCUT2D eigenvalue weighted by Gasteiger charge is -2.36. The van der Waals surface area contributed by atoms with Gasteiger partial charge in [0.25, 0.3) is 0 Å². The predicted octanol–water partition coefficient (Wildman–Crippen LogP) is 2.09. The molecular formula is C16H17NO3. The van der Waals surface area contributed by atoms with Crippen LogP contribution in [-0.2, 0) is 16.1 Å². The summed E-state index contributed by atoms with van der Waals surface area (Å²) in [7, 11) is 0. The Labute approximate surface area is 118 Å². The molecule has 0 saturated heterocycles. The van der Waals surface area contributed by atoms with Gasteiger partial charge in [0.05, 0.1) is 0 Å². The van der Waals surface area contributed by atoms with Crippen molar-refractivity contribution >= 4 is 11.8 Å². The lowest BCUT2D eigenvalue weighted by atomic mass is 9.89. The number of hydrogen-bond donors (Lipinski definition) is 0. The van der Waals surface area contributed by atoms with Crippen molar-refractivity contribution in [3.63, 3.8) is 0 Å². The van der Waals surface area contributed by atoms with E-state index in [9.17, 15) is 9.59 Å². The van der Waals surface area contributed by atoms with Gasteiger partial charge >= 0.3 is 5.97 Å². The van der Waals surface area contributed by atoms with Crippen molar-refractivity contribution in [3.05, 3.63) is 42.0 Å². The molecule has 2 aliphatic heterocycles. The van der Waals surface area contributed by atoms with Crippen LogP contribution in [0.4, 0.5) is 0 Å². The number of benzene rings is 1. The van der Waals surface area contributed by atoms with E-state index in [2.05, 4.69) is 0 Å². The third-order valence-electron chi connectivity index (χ3n) is 4.14. The van der Waals surface area contributed by atoms with Crippen molar-refractivity contribution < 1.29 is 14.3 Å². The summed E-state index contributed by atoms with van der Waals surface area (Å²) in [5.41, 5.74) is -0.225. The number of Topliss-reactive ketones (excluding diaryl/α,β-unsaturated/α-hetero) is 1. The highest BCUT2D eigenvalue weighted by Crippen LogP contribution is 2.34. The van der Waals surface area contributed by atoms with E-state index < -0.39 is 11.5 Å². The molecule has 0 amide bonds. The molecule has 0 aromatic heterocycles. The lowest BCUT2D eigenvalue weighted by Crippen LogP contribution is -2.59. The SMILES string of the molecule is CC(=O)C12CC=CCCN1Cc1ccccc1OC2=O. The Morgan fingerprint density at radius 2 is 2.10 bits per heavy atom. The van der Waals surface area contributed by atoms with Crippen LogP contribution in [0.25, 0.3) is 0 Å². The first kappa shape index (κ1) is 13.1. The fourth-order valence-electron chi connectivity index (χ4n) is 2.98. The van der Waals surface area contributed by atoms with Gasteiger partial charge in [0, 0.05) is 25.1 Å². The highest BCUT2D eigenvalue weighted by molar-refractivity contribution is 6.08. The molecule has 1 unspecified atom stereocenters. The molecule has 1 aromatic carbocycles. The molecule has 1 atom stereocenters. The number of nitrogens with zero attached hydrogens (tertiary/aromatic N) is 1. The number of ether oxygens (including phenoxy) is 1. The lowest BCUT2D eigenvalue weighted by molar-refractivity contribution is -0.154. The summed E-state index contributed by atoms with van der Waals surface area (Å²) in [5.74, 6) is -0.0430. The largest absolute Gasteiger partial charge is 0.424 e. The zero-order chi connectivity index (χ0) is 14.2. The Morgan fingerprint density at radius 3 is 2.90 bits per heavy atom. The van der Waals surface area contributed by atoms with E-state index in [1.807, 2.05) is 35.3 Å². The highest BCUT2D eigenvalue weighted by Gasteiger charge is 2.51. The topological polar surface area (TPSA) is 46.6 Å². The molecule has 4 heteroatoms. The number of fused-ring (bicyclic) bond motifs is 2. The van der Waals surface area contributed by atoms with Crippen molar-refractivity contribution in [2.75, 3.05) is 6.54 Å². The van der Waals surface area contributed by atoms with Gasteiger partial charge in [-0.25, -0.2) is 4.79 Å². The maximum atomic E-state index is 12.6. The summed E-state index contributed by atoms with van der Waals surface area (Å²) in [6.07, 6.45) is 5.16. The summed E-state index contributed by atoms with van der Waals surface area (Å²) >= 11 is 0. The second-order valence-corrected chi connectivity index (χ2v) is 5.30. The average Bonchev–Trinajstić information content (AvgIpc) is 2.69. The number of esters is 1. The van der Waals surface area contributed by atoms with Gasteiger partial charge < -0.3 is 4.74 Å². The van der Waals surface area contributed by atoms with Crippen LogP contribution in [0.3, 0.4) is 0 Å². The second kappa shape index (κ2) is 4.87. The van der Waals surface area contributed by atoms with Crippen LogP contribution >= 0.6 is 0 Å². The third-order valence-corrected chi connectivity index (χ3v) is 4.14. The quantitative estimate of drug-likeness (QED) is 0.339. The number of ketones is 1. The summed E-state index contributed by atoms with van der Waals surface area (Å²) in [4.78, 5) is 26.8. The molecule has 0 bridgehead atoms. The average molecular weight is 271 g/mol. The van der Waals surface area contributed by atoms with Gasteiger partial charge in [-0.2, -0.15) is 0 Å². The Hall–Kier alpha value is -1.94. The van der Waals surface area contributed by atoms with Crippen molar-refractivity contribution in [1.29, 1.82) is 0 Å². The zero-order valence-corrected chi connectivity index (χ0v) is 11.5. The van der Waals surface area contributed by atoms with E-state index >= 15 is 0 Å². The first-order valence-corrected chi connectivity index (χ1v) is 6.86. The molecule has 0 aliphatic carbocycles. The van der Waals surface area contributed by atoms with E-state index in [1.165, 1.54) is 6.92 Å². The number of rotatable bonds is 1. The molecule has 20 heavy (non-hydrogen) atoms. The van der Waals surface area contributed by atoms with Crippen LogP contribution in [0.2, 0.25) is 0 Å². The molecule has 0 radical (unpaired) electrons. The van der Waals surface area contributed by atoms with Crippen LogP contribution in [0.5, 0.6) is 5.75 Å². The van der Waals surface area contributed by atoms with Gasteiger partial charge in [-0.1, -0.05) is 30.4 Å². The van der Waals surface area contributed by atoms with Gasteiger partial charge in [-0.15, -0.1) is 0 Å². The van der Waals surface area contributed by atoms with Crippen LogP contribution < -0.4 is 4.74 Å². The predicted molar refractivity (Wildman–Crippen MR) is 74.3 cm³/mol. The minimum absolute atomic E-state index is 0.151. The van der Waals surface area contributed by atoms with Gasteiger partial charge in [-0.3, -0.25) is 9.69 Å².